The Labute approximate surface area is 153 Å². The lowest BCUT2D eigenvalue weighted by atomic mass is 9.48. The summed E-state index contributed by atoms with van der Waals surface area (Å²) in [4.78, 5) is 16.5. The van der Waals surface area contributed by atoms with Crippen molar-refractivity contribution in [1.29, 1.82) is 10.5 Å². The smallest absolute Gasteiger partial charge is 0.240 e. The minimum atomic E-state index is -0.182. The third-order valence-corrected chi connectivity index (χ3v) is 6.89. The van der Waals surface area contributed by atoms with Crippen LogP contribution >= 0.6 is 0 Å². The number of anilines is 1. The van der Waals surface area contributed by atoms with Crippen molar-refractivity contribution in [3.63, 3.8) is 0 Å². The highest BCUT2D eigenvalue weighted by atomic mass is 16.2. The zero-order valence-electron chi connectivity index (χ0n) is 15.0. The number of nitrogens with two attached hydrogens (primary N) is 1. The molecule has 0 aromatic carbocycles. The Morgan fingerprint density at radius 2 is 1.85 bits per heavy atom. The molecule has 4 saturated carbocycles. The van der Waals surface area contributed by atoms with Crippen molar-refractivity contribution in [2.24, 2.45) is 23.2 Å². The molecule has 0 spiro atoms. The van der Waals surface area contributed by atoms with E-state index in [1.165, 1.54) is 43.1 Å². The summed E-state index contributed by atoms with van der Waals surface area (Å²) in [6, 6.07) is 3.87. The second-order valence-electron chi connectivity index (χ2n) is 8.55. The SMILES string of the molecule is C[C@H](NC(=O)Cn1c(N)nc(C#N)c1C#N)C12CC3CC(CC(C3)C1)C2. The number of nitrogens with zero attached hydrogens (tertiary/aromatic N) is 4. The van der Waals surface area contributed by atoms with Crippen LogP contribution in [0.15, 0.2) is 0 Å². The molecule has 1 atom stereocenters. The van der Waals surface area contributed by atoms with Crippen LogP contribution < -0.4 is 11.1 Å². The number of rotatable bonds is 4. The van der Waals surface area contributed by atoms with Gasteiger partial charge in [0.2, 0.25) is 11.9 Å². The summed E-state index contributed by atoms with van der Waals surface area (Å²) in [6.07, 6.45) is 7.76. The second-order valence-corrected chi connectivity index (χ2v) is 8.55. The Morgan fingerprint density at radius 3 is 2.35 bits per heavy atom. The Bertz CT molecular complexity index is 791. The van der Waals surface area contributed by atoms with Gasteiger partial charge in [0.1, 0.15) is 18.7 Å². The van der Waals surface area contributed by atoms with Crippen LogP contribution in [0, 0.1) is 45.8 Å². The summed E-state index contributed by atoms with van der Waals surface area (Å²) < 4.78 is 1.32. The van der Waals surface area contributed by atoms with Gasteiger partial charge in [-0.15, -0.1) is 0 Å². The molecule has 0 aliphatic heterocycles. The summed E-state index contributed by atoms with van der Waals surface area (Å²) in [5.74, 6) is 2.32. The number of aromatic nitrogens is 2. The first kappa shape index (κ1) is 16.9. The van der Waals surface area contributed by atoms with E-state index in [9.17, 15) is 10.1 Å². The second kappa shape index (κ2) is 6.02. The van der Waals surface area contributed by atoms with E-state index >= 15 is 0 Å². The topological polar surface area (TPSA) is 121 Å². The van der Waals surface area contributed by atoms with E-state index in [1.54, 1.807) is 0 Å². The molecule has 0 unspecified atom stereocenters. The number of imidazole rings is 1. The molecule has 1 aromatic heterocycles. The first-order valence-corrected chi connectivity index (χ1v) is 9.39. The fraction of sp³-hybridized carbons (Fsp3) is 0.684. The number of hydrogen-bond donors (Lipinski definition) is 2. The first-order valence-electron chi connectivity index (χ1n) is 9.39. The third kappa shape index (κ3) is 2.63. The van der Waals surface area contributed by atoms with Crippen LogP contribution in [-0.4, -0.2) is 21.5 Å². The molecule has 5 rings (SSSR count). The number of carbonyl (C=O) groups excluding carboxylic acids is 1. The molecular formula is C19H24N6O. The molecule has 4 aliphatic carbocycles. The van der Waals surface area contributed by atoms with E-state index in [4.69, 9.17) is 11.0 Å². The first-order chi connectivity index (χ1) is 12.4. The highest BCUT2D eigenvalue weighted by Crippen LogP contribution is 2.61. The Morgan fingerprint density at radius 1 is 1.27 bits per heavy atom. The maximum Gasteiger partial charge on any atom is 0.240 e. The van der Waals surface area contributed by atoms with Crippen LogP contribution in [0.5, 0.6) is 0 Å². The largest absolute Gasteiger partial charge is 0.369 e. The van der Waals surface area contributed by atoms with Crippen LogP contribution in [-0.2, 0) is 11.3 Å². The van der Waals surface area contributed by atoms with Gasteiger partial charge in [-0.3, -0.25) is 9.36 Å². The average Bonchev–Trinajstić information content (AvgIpc) is 2.88. The molecule has 26 heavy (non-hydrogen) atoms. The van der Waals surface area contributed by atoms with E-state index in [2.05, 4.69) is 17.2 Å². The molecule has 4 bridgehead atoms. The van der Waals surface area contributed by atoms with Crippen LogP contribution in [0.3, 0.4) is 0 Å². The van der Waals surface area contributed by atoms with Crippen molar-refractivity contribution in [2.75, 3.05) is 5.73 Å². The summed E-state index contributed by atoms with van der Waals surface area (Å²) >= 11 is 0. The van der Waals surface area contributed by atoms with E-state index in [0.717, 1.165) is 17.8 Å². The maximum absolute atomic E-state index is 12.6. The van der Waals surface area contributed by atoms with Crippen molar-refractivity contribution in [3.05, 3.63) is 11.4 Å². The van der Waals surface area contributed by atoms with Crippen LogP contribution in [0.1, 0.15) is 56.8 Å². The molecule has 7 heteroatoms. The van der Waals surface area contributed by atoms with Gasteiger partial charge in [0.25, 0.3) is 0 Å². The molecule has 0 radical (unpaired) electrons. The predicted octanol–water partition coefficient (Wildman–Crippen LogP) is 1.93. The highest BCUT2D eigenvalue weighted by Gasteiger charge is 2.53. The quantitative estimate of drug-likeness (QED) is 0.857. The van der Waals surface area contributed by atoms with Gasteiger partial charge in [0.15, 0.2) is 11.4 Å². The van der Waals surface area contributed by atoms with Crippen molar-refractivity contribution in [3.8, 4) is 12.1 Å². The van der Waals surface area contributed by atoms with E-state index in [-0.39, 0.29) is 41.2 Å². The molecule has 136 valence electrons. The summed E-state index contributed by atoms with van der Waals surface area (Å²) in [6.45, 7) is 2.04. The molecule has 4 fully saturated rings. The molecule has 7 nitrogen and oxygen atoms in total. The monoisotopic (exact) mass is 352 g/mol. The van der Waals surface area contributed by atoms with Gasteiger partial charge in [-0.2, -0.15) is 10.5 Å². The van der Waals surface area contributed by atoms with Crippen LogP contribution in [0.2, 0.25) is 0 Å². The standard InChI is InChI=1S/C19H24N6O/c1-11(19-5-12-2-13(6-19)4-14(3-12)7-19)23-17(26)10-25-16(9-21)15(8-20)24-18(25)22/h11-14H,2-7,10H2,1H3,(H2,22,24)(H,23,26)/t11-,12?,13?,14?,19?/m0/s1. The highest BCUT2D eigenvalue weighted by molar-refractivity contribution is 5.77. The van der Waals surface area contributed by atoms with Crippen LogP contribution in [0.25, 0.3) is 0 Å². The number of hydrogen-bond acceptors (Lipinski definition) is 5. The Hall–Kier alpha value is -2.54. The molecule has 0 saturated heterocycles. The van der Waals surface area contributed by atoms with Gasteiger partial charge in [-0.05, 0) is 68.6 Å². The summed E-state index contributed by atoms with van der Waals surface area (Å²) in [5, 5.41) is 21.4. The average molecular weight is 352 g/mol. The maximum atomic E-state index is 12.6. The zero-order valence-corrected chi connectivity index (χ0v) is 15.0. The summed E-state index contributed by atoms with van der Waals surface area (Å²) in [5.41, 5.74) is 6.02. The van der Waals surface area contributed by atoms with Gasteiger partial charge in [0, 0.05) is 6.04 Å². The number of carbonyl (C=O) groups is 1. The van der Waals surface area contributed by atoms with E-state index in [1.807, 2.05) is 12.1 Å². The van der Waals surface area contributed by atoms with Gasteiger partial charge < -0.3 is 11.1 Å². The van der Waals surface area contributed by atoms with Crippen molar-refractivity contribution >= 4 is 11.9 Å². The van der Waals surface area contributed by atoms with Crippen molar-refractivity contribution in [1.82, 2.24) is 14.9 Å². The predicted molar refractivity (Wildman–Crippen MR) is 94.3 cm³/mol. The van der Waals surface area contributed by atoms with E-state index < -0.39 is 0 Å². The zero-order chi connectivity index (χ0) is 18.5. The Balaban J connectivity index is 1.47. The van der Waals surface area contributed by atoms with Crippen molar-refractivity contribution in [2.45, 2.75) is 58.0 Å². The van der Waals surface area contributed by atoms with Crippen LogP contribution in [0.4, 0.5) is 5.95 Å². The van der Waals surface area contributed by atoms with E-state index in [0.29, 0.717) is 0 Å². The molecular weight excluding hydrogens is 328 g/mol. The number of nitriles is 2. The van der Waals surface area contributed by atoms with Gasteiger partial charge in [-0.1, -0.05) is 0 Å². The summed E-state index contributed by atoms with van der Waals surface area (Å²) in [7, 11) is 0. The number of amides is 1. The fourth-order valence-corrected chi connectivity index (χ4v) is 6.11. The number of nitrogens with one attached hydrogen (secondary N) is 1. The third-order valence-electron chi connectivity index (χ3n) is 6.89. The molecule has 3 N–H and O–H groups in total. The molecule has 4 aliphatic rings. The lowest BCUT2D eigenvalue weighted by Gasteiger charge is -2.59. The molecule has 1 amide bonds. The van der Waals surface area contributed by atoms with Gasteiger partial charge in [0.05, 0.1) is 0 Å². The minimum Gasteiger partial charge on any atom is -0.369 e. The number of nitrogen functional groups attached to an aromatic ring is 1. The lowest BCUT2D eigenvalue weighted by Crippen LogP contribution is -2.56. The minimum absolute atomic E-state index is 0.0238. The molecule has 1 heterocycles. The molecule has 1 aromatic rings. The normalized spacial score (nSPS) is 32.7. The fourth-order valence-electron chi connectivity index (χ4n) is 6.11. The van der Waals surface area contributed by atoms with Gasteiger partial charge in [-0.25, -0.2) is 4.98 Å². The van der Waals surface area contributed by atoms with Gasteiger partial charge >= 0.3 is 0 Å². The van der Waals surface area contributed by atoms with Crippen molar-refractivity contribution < 1.29 is 4.79 Å². The Kier molecular flexibility index (Phi) is 3.91. The lowest BCUT2D eigenvalue weighted by molar-refractivity contribution is -0.126.